The van der Waals surface area contributed by atoms with Crippen LogP contribution >= 0.6 is 23.1 Å². The van der Waals surface area contributed by atoms with Crippen molar-refractivity contribution >= 4 is 33.2 Å². The van der Waals surface area contributed by atoms with Gasteiger partial charge in [0.1, 0.15) is 16.2 Å². The second-order valence-corrected chi connectivity index (χ2v) is 4.40. The molecular weight excluding hydrogens is 237 g/mol. The largest absolute Gasteiger partial charge is 1.00 e. The molecule has 0 N–H and O–H groups in total. The van der Waals surface area contributed by atoms with Crippen molar-refractivity contribution < 1.29 is 16.4 Å². The molecule has 0 saturated carbocycles. The summed E-state index contributed by atoms with van der Waals surface area (Å²) in [6.07, 6.45) is 1.12. The van der Waals surface area contributed by atoms with E-state index in [-0.39, 0.29) is 12.4 Å². The smallest absolute Gasteiger partial charge is 0.297 e. The van der Waals surface area contributed by atoms with E-state index in [4.69, 9.17) is 11.6 Å². The van der Waals surface area contributed by atoms with E-state index in [9.17, 15) is 0 Å². The highest BCUT2D eigenvalue weighted by Crippen LogP contribution is 2.24. The summed E-state index contributed by atoms with van der Waals surface area (Å²) in [4.78, 5) is 0. The molecule has 2 aromatic rings. The summed E-state index contributed by atoms with van der Waals surface area (Å²) in [5.74, 6) is 0. The molecule has 0 aliphatic carbocycles. The lowest BCUT2D eigenvalue weighted by Gasteiger charge is -1.85. The lowest BCUT2D eigenvalue weighted by molar-refractivity contribution is -0.625. The molecule has 0 saturated heterocycles. The predicted molar refractivity (Wildman–Crippen MR) is 57.3 cm³/mol. The van der Waals surface area contributed by atoms with Gasteiger partial charge in [0, 0.05) is 6.42 Å². The van der Waals surface area contributed by atoms with Gasteiger partial charge in [0.2, 0.25) is 0 Å². The minimum atomic E-state index is 0. The van der Waals surface area contributed by atoms with Crippen LogP contribution in [0.3, 0.4) is 0 Å². The number of rotatable bonds is 2. The normalized spacial score (nSPS) is 10.1. The highest BCUT2D eigenvalue weighted by Gasteiger charge is 2.16. The molecular formula is C10H11Cl2NS. The van der Waals surface area contributed by atoms with Crippen molar-refractivity contribution in [3.05, 3.63) is 29.4 Å². The van der Waals surface area contributed by atoms with Crippen LogP contribution < -0.4 is 16.4 Å². The second-order valence-electron chi connectivity index (χ2n) is 2.98. The standard InChI is InChI=1S/C10H11ClNS.ClH/c1-2-7-12-10(11)8-5-3-4-6-9(8)13-12;/h3-6H,2,7H2,1H3;1H/q+1;/p-1. The summed E-state index contributed by atoms with van der Waals surface area (Å²) in [6.45, 7) is 3.17. The summed E-state index contributed by atoms with van der Waals surface area (Å²) in [7, 11) is 0. The molecule has 1 heterocycles. The molecule has 0 atom stereocenters. The zero-order chi connectivity index (χ0) is 9.26. The first-order valence-corrected chi connectivity index (χ1v) is 5.55. The molecule has 1 aromatic heterocycles. The average Bonchev–Trinajstić information content (AvgIpc) is 2.46. The van der Waals surface area contributed by atoms with Gasteiger partial charge < -0.3 is 12.4 Å². The van der Waals surface area contributed by atoms with Crippen LogP contribution in [0.25, 0.3) is 10.1 Å². The molecule has 0 radical (unpaired) electrons. The van der Waals surface area contributed by atoms with Gasteiger partial charge in [0.05, 0.1) is 5.39 Å². The summed E-state index contributed by atoms with van der Waals surface area (Å²) in [5.41, 5.74) is 0. The lowest BCUT2D eigenvalue weighted by atomic mass is 10.3. The molecule has 0 bridgehead atoms. The Morgan fingerprint density at radius 1 is 1.36 bits per heavy atom. The average molecular weight is 248 g/mol. The van der Waals surface area contributed by atoms with Crippen molar-refractivity contribution in [2.24, 2.45) is 0 Å². The molecule has 0 spiro atoms. The Hall–Kier alpha value is -0.310. The van der Waals surface area contributed by atoms with Crippen LogP contribution in [0.1, 0.15) is 13.3 Å². The Morgan fingerprint density at radius 2 is 2.07 bits per heavy atom. The van der Waals surface area contributed by atoms with Crippen LogP contribution in [-0.4, -0.2) is 0 Å². The first kappa shape index (κ1) is 11.8. The Bertz CT molecular complexity index is 425. The van der Waals surface area contributed by atoms with Gasteiger partial charge in [-0.15, -0.1) is 3.96 Å². The van der Waals surface area contributed by atoms with Crippen LogP contribution in [0.2, 0.25) is 5.15 Å². The van der Waals surface area contributed by atoms with Crippen molar-refractivity contribution in [2.45, 2.75) is 19.9 Å². The molecule has 14 heavy (non-hydrogen) atoms. The fourth-order valence-corrected chi connectivity index (χ4v) is 2.86. The number of benzene rings is 1. The van der Waals surface area contributed by atoms with Crippen LogP contribution in [0, 0.1) is 0 Å². The van der Waals surface area contributed by atoms with E-state index in [0.29, 0.717) is 0 Å². The maximum absolute atomic E-state index is 6.21. The quantitative estimate of drug-likeness (QED) is 0.671. The van der Waals surface area contributed by atoms with Gasteiger partial charge in [-0.05, 0) is 23.7 Å². The number of fused-ring (bicyclic) bond motifs is 1. The highest BCUT2D eigenvalue weighted by molar-refractivity contribution is 7.09. The lowest BCUT2D eigenvalue weighted by Crippen LogP contribution is -3.00. The number of nitrogens with zero attached hydrogens (tertiary/aromatic N) is 1. The second kappa shape index (κ2) is 4.96. The van der Waals surface area contributed by atoms with Crippen LogP contribution in [0.5, 0.6) is 0 Å². The first-order chi connectivity index (χ1) is 6.33. The summed E-state index contributed by atoms with van der Waals surface area (Å²) in [5, 5.41) is 2.05. The highest BCUT2D eigenvalue weighted by atomic mass is 35.5. The Morgan fingerprint density at radius 3 is 2.71 bits per heavy atom. The Labute approximate surface area is 98.9 Å². The number of halogens is 2. The van der Waals surface area contributed by atoms with Gasteiger partial charge in [-0.1, -0.05) is 19.1 Å². The van der Waals surface area contributed by atoms with Crippen molar-refractivity contribution in [1.29, 1.82) is 0 Å². The van der Waals surface area contributed by atoms with E-state index >= 15 is 0 Å². The van der Waals surface area contributed by atoms with Crippen molar-refractivity contribution in [3.63, 3.8) is 0 Å². The maximum atomic E-state index is 6.21. The van der Waals surface area contributed by atoms with Crippen LogP contribution in [0.4, 0.5) is 0 Å². The number of hydrogen-bond acceptors (Lipinski definition) is 1. The maximum Gasteiger partial charge on any atom is 0.297 e. The van der Waals surface area contributed by atoms with E-state index < -0.39 is 0 Å². The van der Waals surface area contributed by atoms with Crippen molar-refractivity contribution in [3.8, 4) is 0 Å². The van der Waals surface area contributed by atoms with E-state index in [1.807, 2.05) is 12.1 Å². The summed E-state index contributed by atoms with van der Waals surface area (Å²) < 4.78 is 3.41. The fraction of sp³-hybridized carbons (Fsp3) is 0.300. The third-order valence-corrected chi connectivity index (χ3v) is 3.61. The molecule has 4 heteroatoms. The molecule has 1 nitrogen and oxygen atoms in total. The molecule has 0 aliphatic rings. The number of aryl methyl sites for hydroxylation is 1. The van der Waals surface area contributed by atoms with Gasteiger partial charge in [0.25, 0.3) is 5.15 Å². The minimum absolute atomic E-state index is 0. The summed E-state index contributed by atoms with van der Waals surface area (Å²) in [6, 6.07) is 8.25. The third kappa shape index (κ3) is 2.02. The number of hydrogen-bond donors (Lipinski definition) is 0. The van der Waals surface area contributed by atoms with Gasteiger partial charge >= 0.3 is 0 Å². The molecule has 76 valence electrons. The summed E-state index contributed by atoms with van der Waals surface area (Å²) >= 11 is 7.94. The Balaban J connectivity index is 0.000000980. The van der Waals surface area contributed by atoms with Crippen molar-refractivity contribution in [1.82, 2.24) is 0 Å². The van der Waals surface area contributed by atoms with E-state index in [2.05, 4.69) is 23.0 Å². The molecule has 0 fully saturated rings. The SMILES string of the molecule is CCC[n+]1sc2ccccc2c1Cl.[Cl-]. The predicted octanol–water partition coefficient (Wildman–Crippen LogP) is 0.256. The van der Waals surface area contributed by atoms with Crippen LogP contribution in [0.15, 0.2) is 24.3 Å². The monoisotopic (exact) mass is 247 g/mol. The minimum Gasteiger partial charge on any atom is -1.00 e. The topological polar surface area (TPSA) is 3.88 Å². The molecule has 2 rings (SSSR count). The molecule has 0 aliphatic heterocycles. The Kier molecular flexibility index (Phi) is 4.17. The molecule has 0 amide bonds. The zero-order valence-corrected chi connectivity index (χ0v) is 10.2. The zero-order valence-electron chi connectivity index (χ0n) is 7.84. The number of aromatic nitrogens is 1. The van der Waals surface area contributed by atoms with Gasteiger partial charge in [-0.2, -0.15) is 0 Å². The van der Waals surface area contributed by atoms with Gasteiger partial charge in [-0.25, -0.2) is 0 Å². The van der Waals surface area contributed by atoms with Crippen molar-refractivity contribution in [2.75, 3.05) is 0 Å². The van der Waals surface area contributed by atoms with Crippen LogP contribution in [-0.2, 0) is 6.54 Å². The third-order valence-electron chi connectivity index (χ3n) is 1.96. The fourth-order valence-electron chi connectivity index (χ4n) is 1.36. The van der Waals surface area contributed by atoms with Gasteiger partial charge in [0.15, 0.2) is 6.54 Å². The van der Waals surface area contributed by atoms with E-state index in [1.165, 1.54) is 10.1 Å². The molecule has 1 aromatic carbocycles. The first-order valence-electron chi connectivity index (χ1n) is 4.40. The van der Waals surface area contributed by atoms with E-state index in [0.717, 1.165) is 18.1 Å². The van der Waals surface area contributed by atoms with E-state index in [1.54, 1.807) is 11.5 Å². The van der Waals surface area contributed by atoms with Gasteiger partial charge in [-0.3, -0.25) is 0 Å². The molecule has 0 unspecified atom stereocenters.